The highest BCUT2D eigenvalue weighted by Crippen LogP contribution is 2.39. The highest BCUT2D eigenvalue weighted by molar-refractivity contribution is 7.17. The maximum atomic E-state index is 5.13. The Bertz CT molecular complexity index is 1020. The Morgan fingerprint density at radius 2 is 1.81 bits per heavy atom. The van der Waals surface area contributed by atoms with Crippen LogP contribution in [0.2, 0.25) is 0 Å². The normalized spacial score (nSPS) is 20.9. The van der Waals surface area contributed by atoms with Gasteiger partial charge in [-0.1, -0.05) is 30.3 Å². The lowest BCUT2D eigenvalue weighted by molar-refractivity contribution is 0.163. The molecule has 31 heavy (non-hydrogen) atoms. The molecule has 0 saturated carbocycles. The van der Waals surface area contributed by atoms with Gasteiger partial charge in [-0.3, -0.25) is 4.90 Å². The number of benzene rings is 1. The monoisotopic (exact) mass is 435 g/mol. The summed E-state index contributed by atoms with van der Waals surface area (Å²) in [4.78, 5) is 18.6. The minimum absolute atomic E-state index is 0.725. The van der Waals surface area contributed by atoms with Crippen LogP contribution in [0, 0.1) is 0 Å². The van der Waals surface area contributed by atoms with E-state index in [0.717, 1.165) is 48.2 Å². The molecule has 6 heteroatoms. The number of aromatic nitrogens is 2. The van der Waals surface area contributed by atoms with Gasteiger partial charge in [-0.2, -0.15) is 0 Å². The summed E-state index contributed by atoms with van der Waals surface area (Å²) in [6, 6.07) is 12.2. The Hall–Kier alpha value is -2.02. The van der Waals surface area contributed by atoms with Crippen molar-refractivity contribution in [3.05, 3.63) is 41.5 Å². The molecule has 2 fully saturated rings. The predicted octanol–water partition coefficient (Wildman–Crippen LogP) is 4.87. The summed E-state index contributed by atoms with van der Waals surface area (Å²) in [7, 11) is 4.17. The first-order chi connectivity index (χ1) is 15.1. The first-order valence-electron chi connectivity index (χ1n) is 11.6. The number of anilines is 1. The molecule has 5 rings (SSSR count). The molecular weight excluding hydrogens is 402 g/mol. The van der Waals surface area contributed by atoms with E-state index in [1.54, 1.807) is 11.3 Å². The molecule has 1 unspecified atom stereocenters. The highest BCUT2D eigenvalue weighted by Gasteiger charge is 2.31. The molecule has 0 aliphatic carbocycles. The molecule has 2 aromatic heterocycles. The maximum absolute atomic E-state index is 5.13. The molecule has 3 aromatic rings. The van der Waals surface area contributed by atoms with Crippen LogP contribution in [-0.4, -0.2) is 65.6 Å². The van der Waals surface area contributed by atoms with E-state index < -0.39 is 0 Å². The quantitative estimate of drug-likeness (QED) is 0.571. The number of nitrogens with zero attached hydrogens (tertiary/aromatic N) is 5. The average Bonchev–Trinajstić information content (AvgIpc) is 3.40. The van der Waals surface area contributed by atoms with Crippen molar-refractivity contribution in [1.82, 2.24) is 19.8 Å². The second-order valence-electron chi connectivity index (χ2n) is 9.34. The van der Waals surface area contributed by atoms with Crippen molar-refractivity contribution in [2.24, 2.45) is 0 Å². The summed E-state index contributed by atoms with van der Waals surface area (Å²) in [5.74, 6) is 2.05. The number of hydrogen-bond donors (Lipinski definition) is 0. The minimum atomic E-state index is 0.725. The molecule has 0 N–H and O–H groups in total. The van der Waals surface area contributed by atoms with Crippen molar-refractivity contribution in [3.8, 4) is 11.1 Å². The number of likely N-dealkylation sites (tertiary alicyclic amines) is 1. The van der Waals surface area contributed by atoms with E-state index in [0.29, 0.717) is 0 Å². The largest absolute Gasteiger partial charge is 0.356 e. The Morgan fingerprint density at radius 1 is 1.03 bits per heavy atom. The molecule has 0 spiro atoms. The second kappa shape index (κ2) is 8.85. The highest BCUT2D eigenvalue weighted by atomic mass is 32.1. The Labute approximate surface area is 189 Å². The molecule has 4 heterocycles. The smallest absolute Gasteiger partial charge is 0.146 e. The second-order valence-corrected chi connectivity index (χ2v) is 10.2. The lowest BCUT2D eigenvalue weighted by Crippen LogP contribution is -2.46. The van der Waals surface area contributed by atoms with Crippen LogP contribution >= 0.6 is 11.3 Å². The first-order valence-corrected chi connectivity index (χ1v) is 12.5. The van der Waals surface area contributed by atoms with Crippen molar-refractivity contribution in [2.45, 2.75) is 51.2 Å². The van der Waals surface area contributed by atoms with Gasteiger partial charge >= 0.3 is 0 Å². The molecule has 2 aliphatic heterocycles. The van der Waals surface area contributed by atoms with Gasteiger partial charge in [0.1, 0.15) is 16.5 Å². The van der Waals surface area contributed by atoms with Crippen LogP contribution in [0.25, 0.3) is 21.3 Å². The van der Waals surface area contributed by atoms with Crippen LogP contribution in [0.3, 0.4) is 0 Å². The number of piperidine rings is 1. The van der Waals surface area contributed by atoms with E-state index in [1.807, 2.05) is 0 Å². The van der Waals surface area contributed by atoms with Crippen molar-refractivity contribution in [1.29, 1.82) is 0 Å². The van der Waals surface area contributed by atoms with Crippen LogP contribution in [0.1, 0.15) is 38.4 Å². The van der Waals surface area contributed by atoms with Gasteiger partial charge in [0.05, 0.1) is 11.9 Å². The fourth-order valence-electron chi connectivity index (χ4n) is 5.29. The van der Waals surface area contributed by atoms with Crippen molar-refractivity contribution >= 4 is 27.4 Å². The van der Waals surface area contributed by atoms with Gasteiger partial charge in [0.15, 0.2) is 0 Å². The molecular formula is C25H33N5S. The van der Waals surface area contributed by atoms with Gasteiger partial charge in [0.2, 0.25) is 0 Å². The third-order valence-corrected chi connectivity index (χ3v) is 7.71. The van der Waals surface area contributed by atoms with Crippen molar-refractivity contribution < 1.29 is 0 Å². The molecule has 2 aliphatic rings. The number of thiophene rings is 1. The van der Waals surface area contributed by atoms with Crippen molar-refractivity contribution in [3.63, 3.8) is 0 Å². The lowest BCUT2D eigenvalue weighted by atomic mass is 10.0. The van der Waals surface area contributed by atoms with Crippen LogP contribution < -0.4 is 4.90 Å². The molecule has 1 atom stereocenters. The predicted molar refractivity (Wildman–Crippen MR) is 131 cm³/mol. The molecule has 1 aromatic carbocycles. The fourth-order valence-corrected chi connectivity index (χ4v) is 6.25. The number of hydrogen-bond acceptors (Lipinski definition) is 6. The fraction of sp³-hybridized carbons (Fsp3) is 0.520. The third-order valence-electron chi connectivity index (χ3n) is 6.84. The zero-order valence-electron chi connectivity index (χ0n) is 18.9. The molecule has 0 bridgehead atoms. The number of fused-ring (bicyclic) bond motifs is 1. The van der Waals surface area contributed by atoms with E-state index in [4.69, 9.17) is 9.97 Å². The molecule has 0 amide bonds. The van der Waals surface area contributed by atoms with Gasteiger partial charge in [0.25, 0.3) is 0 Å². The summed E-state index contributed by atoms with van der Waals surface area (Å²) >= 11 is 1.74. The van der Waals surface area contributed by atoms with Crippen LogP contribution in [-0.2, 0) is 6.54 Å². The minimum Gasteiger partial charge on any atom is -0.356 e. The summed E-state index contributed by atoms with van der Waals surface area (Å²) in [6.07, 6.45) is 5.17. The van der Waals surface area contributed by atoms with Gasteiger partial charge in [-0.15, -0.1) is 11.3 Å². The average molecular weight is 436 g/mol. The van der Waals surface area contributed by atoms with Crippen LogP contribution in [0.4, 0.5) is 5.82 Å². The SMILES string of the molecule is CC1CCCN1C1CCN(c2nc(CN(C)C)nc3scc(-c4ccccc4)c23)CC1. The summed E-state index contributed by atoms with van der Waals surface area (Å²) < 4.78 is 0. The Kier molecular flexibility index (Phi) is 5.95. The van der Waals surface area contributed by atoms with Gasteiger partial charge in [-0.25, -0.2) is 9.97 Å². The molecule has 5 nitrogen and oxygen atoms in total. The molecule has 2 saturated heterocycles. The third kappa shape index (κ3) is 4.21. The number of rotatable bonds is 5. The lowest BCUT2D eigenvalue weighted by Gasteiger charge is -2.39. The van der Waals surface area contributed by atoms with Gasteiger partial charge in [-0.05, 0) is 58.8 Å². The van der Waals surface area contributed by atoms with Gasteiger partial charge < -0.3 is 9.80 Å². The van der Waals surface area contributed by atoms with Crippen LogP contribution in [0.5, 0.6) is 0 Å². The first kappa shape index (κ1) is 20.9. The maximum Gasteiger partial charge on any atom is 0.146 e. The van der Waals surface area contributed by atoms with E-state index in [1.165, 1.54) is 48.7 Å². The van der Waals surface area contributed by atoms with E-state index in [9.17, 15) is 0 Å². The van der Waals surface area contributed by atoms with E-state index in [-0.39, 0.29) is 0 Å². The molecule has 0 radical (unpaired) electrons. The van der Waals surface area contributed by atoms with Crippen LogP contribution in [0.15, 0.2) is 35.7 Å². The summed E-state index contributed by atoms with van der Waals surface area (Å²) in [5.41, 5.74) is 2.52. The van der Waals surface area contributed by atoms with E-state index in [2.05, 4.69) is 71.4 Å². The van der Waals surface area contributed by atoms with Crippen molar-refractivity contribution in [2.75, 3.05) is 38.6 Å². The Morgan fingerprint density at radius 3 is 2.48 bits per heavy atom. The topological polar surface area (TPSA) is 35.5 Å². The summed E-state index contributed by atoms with van der Waals surface area (Å²) in [6.45, 7) is 6.60. The molecule has 164 valence electrons. The standard InChI is InChI=1S/C25H33N5S/c1-18-8-7-13-30(18)20-11-14-29(15-12-20)24-23-21(19-9-5-4-6-10-19)17-31-25(23)27-22(26-24)16-28(2)3/h4-6,9-10,17-18,20H,7-8,11-16H2,1-3H3. The van der Waals surface area contributed by atoms with Gasteiger partial charge in [0, 0.05) is 36.1 Å². The summed E-state index contributed by atoms with van der Waals surface area (Å²) in [5, 5.41) is 3.49. The zero-order chi connectivity index (χ0) is 21.4. The Balaban J connectivity index is 1.49. The van der Waals surface area contributed by atoms with E-state index >= 15 is 0 Å². The zero-order valence-corrected chi connectivity index (χ0v) is 19.7.